The largest absolute Gasteiger partial charge is 0.486 e. The summed E-state index contributed by atoms with van der Waals surface area (Å²) < 4.78 is 11.6. The van der Waals surface area contributed by atoms with Gasteiger partial charge >= 0.3 is 0 Å². The Hall–Kier alpha value is -1.71. The topological polar surface area (TPSA) is 84.0 Å². The van der Waals surface area contributed by atoms with Crippen LogP contribution in [0.3, 0.4) is 0 Å². The molecule has 1 heterocycles. The summed E-state index contributed by atoms with van der Waals surface area (Å²) in [5.41, 5.74) is 0. The number of fused-ring (bicyclic) bond motifs is 1. The molecule has 0 bridgehead atoms. The van der Waals surface area contributed by atoms with Crippen molar-refractivity contribution in [3.63, 3.8) is 0 Å². The minimum atomic E-state index is -0.130. The van der Waals surface area contributed by atoms with Crippen LogP contribution in [0.4, 0.5) is 0 Å². The van der Waals surface area contributed by atoms with Crippen molar-refractivity contribution in [2.24, 2.45) is 4.99 Å². The zero-order valence-electron chi connectivity index (χ0n) is 15.6. The molecule has 1 unspecified atom stereocenters. The first-order chi connectivity index (χ1) is 12.1. The summed E-state index contributed by atoms with van der Waals surface area (Å²) in [5.74, 6) is 2.21. The average Bonchev–Trinajstić information content (AvgIpc) is 2.59. The molecule has 1 amide bonds. The Balaban J connectivity index is 0.00000338. The number of carbonyl (C=O) groups is 1. The lowest BCUT2D eigenvalue weighted by Gasteiger charge is -2.25. The minimum absolute atomic E-state index is 0. The Morgan fingerprint density at radius 2 is 2.00 bits per heavy atom. The SMILES string of the molecule is CCNC(=NCC1COc2ccccc2O1)NCCC(=O)NC(C)C.I. The van der Waals surface area contributed by atoms with Gasteiger partial charge in [-0.25, -0.2) is 4.99 Å². The van der Waals surface area contributed by atoms with Gasteiger partial charge in [-0.15, -0.1) is 24.0 Å². The number of hydrogen-bond donors (Lipinski definition) is 3. The second-order valence-electron chi connectivity index (χ2n) is 6.12. The van der Waals surface area contributed by atoms with Gasteiger partial charge in [0.1, 0.15) is 6.61 Å². The number of guanidine groups is 1. The Morgan fingerprint density at radius 1 is 1.27 bits per heavy atom. The molecular weight excluding hydrogens is 447 g/mol. The molecule has 146 valence electrons. The van der Waals surface area contributed by atoms with Gasteiger partial charge in [0, 0.05) is 25.6 Å². The maximum Gasteiger partial charge on any atom is 0.221 e. The van der Waals surface area contributed by atoms with E-state index in [1.807, 2.05) is 45.0 Å². The summed E-state index contributed by atoms with van der Waals surface area (Å²) in [6.45, 7) is 8.10. The fourth-order valence-corrected chi connectivity index (χ4v) is 2.38. The summed E-state index contributed by atoms with van der Waals surface area (Å²) in [4.78, 5) is 16.2. The van der Waals surface area contributed by atoms with E-state index in [0.717, 1.165) is 18.0 Å². The van der Waals surface area contributed by atoms with Crippen LogP contribution in [0.15, 0.2) is 29.3 Å². The summed E-state index contributed by atoms with van der Waals surface area (Å²) in [6, 6.07) is 7.77. The number of aliphatic imine (C=N–C) groups is 1. The molecule has 1 aliphatic heterocycles. The summed E-state index contributed by atoms with van der Waals surface area (Å²) in [5, 5.41) is 9.20. The molecule has 7 nitrogen and oxygen atoms in total. The quantitative estimate of drug-likeness (QED) is 0.318. The molecule has 0 radical (unpaired) electrons. The minimum Gasteiger partial charge on any atom is -0.486 e. The van der Waals surface area contributed by atoms with Gasteiger partial charge in [0.2, 0.25) is 5.91 Å². The molecule has 8 heteroatoms. The van der Waals surface area contributed by atoms with Gasteiger partial charge in [0.25, 0.3) is 0 Å². The Bertz CT molecular complexity index is 596. The predicted molar refractivity (Wildman–Crippen MR) is 114 cm³/mol. The molecule has 0 spiro atoms. The zero-order valence-corrected chi connectivity index (χ0v) is 17.9. The third-order valence-electron chi connectivity index (χ3n) is 3.46. The second-order valence-corrected chi connectivity index (χ2v) is 6.12. The van der Waals surface area contributed by atoms with Crippen LogP contribution in [-0.4, -0.2) is 50.3 Å². The first-order valence-corrected chi connectivity index (χ1v) is 8.78. The number of carbonyl (C=O) groups excluding carboxylic acids is 1. The Kier molecular flexibility index (Phi) is 10.2. The van der Waals surface area contributed by atoms with Crippen LogP contribution in [0, 0.1) is 0 Å². The number of hydrogen-bond acceptors (Lipinski definition) is 4. The number of ether oxygens (including phenoxy) is 2. The summed E-state index contributed by atoms with van der Waals surface area (Å²) in [6.07, 6.45) is 0.272. The lowest BCUT2D eigenvalue weighted by Crippen LogP contribution is -2.41. The fourth-order valence-electron chi connectivity index (χ4n) is 2.38. The van der Waals surface area contributed by atoms with E-state index in [1.165, 1.54) is 0 Å². The number of nitrogens with zero attached hydrogens (tertiary/aromatic N) is 1. The van der Waals surface area contributed by atoms with Crippen molar-refractivity contribution in [1.82, 2.24) is 16.0 Å². The van der Waals surface area contributed by atoms with Crippen LogP contribution >= 0.6 is 24.0 Å². The molecule has 2 rings (SSSR count). The van der Waals surface area contributed by atoms with Gasteiger partial charge in [0.15, 0.2) is 23.6 Å². The average molecular weight is 476 g/mol. The van der Waals surface area contributed by atoms with Gasteiger partial charge in [0.05, 0.1) is 6.54 Å². The number of benzene rings is 1. The molecule has 0 aromatic heterocycles. The molecule has 1 aliphatic rings. The number of halogens is 1. The van der Waals surface area contributed by atoms with Crippen molar-refractivity contribution < 1.29 is 14.3 Å². The van der Waals surface area contributed by atoms with E-state index < -0.39 is 0 Å². The van der Waals surface area contributed by atoms with Crippen LogP contribution in [0.5, 0.6) is 11.5 Å². The number of amides is 1. The normalized spacial score (nSPS) is 15.8. The molecule has 0 fully saturated rings. The van der Waals surface area contributed by atoms with Crippen molar-refractivity contribution in [2.75, 3.05) is 26.2 Å². The van der Waals surface area contributed by atoms with Crippen LogP contribution in [0.2, 0.25) is 0 Å². The summed E-state index contributed by atoms with van der Waals surface area (Å²) in [7, 11) is 0. The van der Waals surface area contributed by atoms with E-state index in [2.05, 4.69) is 20.9 Å². The van der Waals surface area contributed by atoms with Gasteiger partial charge < -0.3 is 25.4 Å². The first kappa shape index (κ1) is 22.3. The van der Waals surface area contributed by atoms with E-state index in [1.54, 1.807) is 0 Å². The number of rotatable bonds is 7. The van der Waals surface area contributed by atoms with Crippen LogP contribution in [0.25, 0.3) is 0 Å². The van der Waals surface area contributed by atoms with E-state index >= 15 is 0 Å². The first-order valence-electron chi connectivity index (χ1n) is 8.78. The Morgan fingerprint density at radius 3 is 2.69 bits per heavy atom. The van der Waals surface area contributed by atoms with Gasteiger partial charge in [-0.2, -0.15) is 0 Å². The molecule has 0 aliphatic carbocycles. The highest BCUT2D eigenvalue weighted by molar-refractivity contribution is 14.0. The summed E-state index contributed by atoms with van der Waals surface area (Å²) >= 11 is 0. The van der Waals surface area contributed by atoms with E-state index in [4.69, 9.17) is 9.47 Å². The van der Waals surface area contributed by atoms with Gasteiger partial charge in [-0.1, -0.05) is 12.1 Å². The van der Waals surface area contributed by atoms with Crippen molar-refractivity contribution in [1.29, 1.82) is 0 Å². The number of para-hydroxylation sites is 2. The molecule has 0 saturated carbocycles. The van der Waals surface area contributed by atoms with E-state index in [9.17, 15) is 4.79 Å². The van der Waals surface area contributed by atoms with E-state index in [-0.39, 0.29) is 42.0 Å². The van der Waals surface area contributed by atoms with Gasteiger partial charge in [-0.05, 0) is 32.9 Å². The lowest BCUT2D eigenvalue weighted by molar-refractivity contribution is -0.121. The van der Waals surface area contributed by atoms with Crippen molar-refractivity contribution in [3.05, 3.63) is 24.3 Å². The third kappa shape index (κ3) is 7.67. The molecule has 3 N–H and O–H groups in total. The van der Waals surface area contributed by atoms with Crippen molar-refractivity contribution in [3.8, 4) is 11.5 Å². The van der Waals surface area contributed by atoms with Crippen molar-refractivity contribution in [2.45, 2.75) is 39.3 Å². The van der Waals surface area contributed by atoms with Crippen LogP contribution in [-0.2, 0) is 4.79 Å². The number of nitrogens with one attached hydrogen (secondary N) is 3. The highest BCUT2D eigenvalue weighted by atomic mass is 127. The lowest BCUT2D eigenvalue weighted by atomic mass is 10.2. The molecular formula is C18H29IN4O3. The molecule has 26 heavy (non-hydrogen) atoms. The highest BCUT2D eigenvalue weighted by Gasteiger charge is 2.20. The van der Waals surface area contributed by atoms with Gasteiger partial charge in [-0.3, -0.25) is 4.79 Å². The van der Waals surface area contributed by atoms with Crippen LogP contribution in [0.1, 0.15) is 27.2 Å². The van der Waals surface area contributed by atoms with Crippen molar-refractivity contribution >= 4 is 35.8 Å². The molecule has 1 aromatic carbocycles. The second kappa shape index (κ2) is 11.8. The Labute approximate surface area is 172 Å². The van der Waals surface area contributed by atoms with Crippen LogP contribution < -0.4 is 25.4 Å². The monoisotopic (exact) mass is 476 g/mol. The van der Waals surface area contributed by atoms with E-state index in [0.29, 0.717) is 32.1 Å². The predicted octanol–water partition coefficient (Wildman–Crippen LogP) is 1.91. The fraction of sp³-hybridized carbons (Fsp3) is 0.556. The zero-order chi connectivity index (χ0) is 18.1. The molecule has 1 aromatic rings. The molecule has 1 atom stereocenters. The maximum atomic E-state index is 11.7. The third-order valence-corrected chi connectivity index (χ3v) is 3.46. The maximum absolute atomic E-state index is 11.7. The smallest absolute Gasteiger partial charge is 0.221 e. The highest BCUT2D eigenvalue weighted by Crippen LogP contribution is 2.30. The standard InChI is InChI=1S/C18H28N4O3.HI/c1-4-19-18(20-10-9-17(23)22-13(2)3)21-11-14-12-24-15-7-5-6-8-16(15)25-14;/h5-8,13-14H,4,9-12H2,1-3H3,(H,22,23)(H2,19,20,21);1H. The molecule has 0 saturated heterocycles.